The molecule has 0 saturated carbocycles. The van der Waals surface area contributed by atoms with Gasteiger partial charge in [0.05, 0.1) is 0 Å². The van der Waals surface area contributed by atoms with Gasteiger partial charge in [-0.05, 0) is 0 Å². The molecule has 0 heterocycles. The second-order valence-electron chi connectivity index (χ2n) is 1.33. The monoisotopic (exact) mass is 225 g/mol. The van der Waals surface area contributed by atoms with Gasteiger partial charge in [0.25, 0.3) is 0 Å². The molecule has 0 amide bonds. The second kappa shape index (κ2) is 4.00. The maximum atomic E-state index is 7.15. The Kier molecular flexibility index (Phi) is 4.03. The summed E-state index contributed by atoms with van der Waals surface area (Å²) in [6.45, 7) is 1.78. The molecule has 0 aromatic rings. The summed E-state index contributed by atoms with van der Waals surface area (Å²) in [7, 11) is 1.75. The summed E-state index contributed by atoms with van der Waals surface area (Å²) in [6.07, 6.45) is 0. The van der Waals surface area contributed by atoms with E-state index in [9.17, 15) is 0 Å². The summed E-state index contributed by atoms with van der Waals surface area (Å²) in [5, 5.41) is 7.15. The second-order valence-corrected chi connectivity index (χ2v) is 3.43. The molecule has 0 unspecified atom stereocenters. The molecule has 0 aliphatic rings. The predicted octanol–water partition coefficient (Wildman–Crippen LogP) is -2.23. The van der Waals surface area contributed by atoms with Crippen LogP contribution in [0.2, 0.25) is 0 Å². The standard InChI is InChI=1S/C5H10IN2/c1-4(7)5(6-2)8-3/h7H,1-3H3/q-1. The molecule has 0 spiro atoms. The van der Waals surface area contributed by atoms with E-state index in [0.29, 0.717) is 5.71 Å². The third-order valence-electron chi connectivity index (χ3n) is 0.685. The van der Waals surface area contributed by atoms with Crippen LogP contribution in [-0.4, -0.2) is 21.4 Å². The minimum atomic E-state index is 0.0266. The Balaban J connectivity index is 3.92. The normalized spacial score (nSPS) is 12.1. The van der Waals surface area contributed by atoms with E-state index in [4.69, 9.17) is 5.41 Å². The Bertz CT molecular complexity index is 118. The van der Waals surface area contributed by atoms with Gasteiger partial charge in [-0.15, -0.1) is 0 Å². The fraction of sp³-hybridized carbons (Fsp3) is 0.600. The van der Waals surface area contributed by atoms with E-state index < -0.39 is 0 Å². The molecule has 0 bridgehead atoms. The Labute approximate surface area is 60.2 Å². The van der Waals surface area contributed by atoms with Crippen molar-refractivity contribution in [2.75, 3.05) is 12.0 Å². The Hall–Kier alpha value is 0.0700. The van der Waals surface area contributed by atoms with Crippen LogP contribution in [0.3, 0.4) is 0 Å². The third-order valence-corrected chi connectivity index (χ3v) is 3.00. The third kappa shape index (κ3) is 2.40. The summed E-state index contributed by atoms with van der Waals surface area (Å²) < 4.78 is 1.00. The molecule has 0 rings (SSSR count). The molecule has 0 atom stereocenters. The molecule has 0 aliphatic heterocycles. The van der Waals surface area contributed by atoms with Gasteiger partial charge in [0, 0.05) is 0 Å². The summed E-state index contributed by atoms with van der Waals surface area (Å²) in [4.78, 5) is 6.06. The number of alkyl halides is 1. The maximum absolute atomic E-state index is 7.15. The van der Waals surface area contributed by atoms with Crippen molar-refractivity contribution in [2.45, 2.75) is 6.92 Å². The van der Waals surface area contributed by atoms with Gasteiger partial charge in [0.1, 0.15) is 0 Å². The number of hydrogen-bond acceptors (Lipinski definition) is 2. The first-order valence-electron chi connectivity index (χ1n) is 2.24. The fourth-order valence-corrected chi connectivity index (χ4v) is 1.69. The zero-order valence-electron chi connectivity index (χ0n) is 5.33. The molecule has 0 saturated heterocycles. The van der Waals surface area contributed by atoms with Gasteiger partial charge in [-0.3, -0.25) is 0 Å². The molecule has 0 fully saturated rings. The number of nitrogens with one attached hydrogen (secondary N) is 1. The average Bonchev–Trinajstić information content (AvgIpc) is 1.69. The van der Waals surface area contributed by atoms with Crippen LogP contribution in [0.5, 0.6) is 0 Å². The Morgan fingerprint density at radius 2 is 2.12 bits per heavy atom. The quantitative estimate of drug-likeness (QED) is 0.314. The topological polar surface area (TPSA) is 36.2 Å². The summed E-state index contributed by atoms with van der Waals surface area (Å²) in [6, 6.07) is 0. The van der Waals surface area contributed by atoms with Gasteiger partial charge in [-0.2, -0.15) is 0 Å². The number of nitrogens with zero attached hydrogens (tertiary/aromatic N) is 1. The summed E-state index contributed by atoms with van der Waals surface area (Å²) in [5.74, 6) is 0. The molecule has 8 heavy (non-hydrogen) atoms. The molecular formula is C5H10IN2-. The van der Waals surface area contributed by atoms with Crippen LogP contribution in [0.15, 0.2) is 4.99 Å². The van der Waals surface area contributed by atoms with E-state index in [-0.39, 0.29) is 21.2 Å². The van der Waals surface area contributed by atoms with Gasteiger partial charge >= 0.3 is 59.9 Å². The molecule has 48 valence electrons. The van der Waals surface area contributed by atoms with Crippen molar-refractivity contribution >= 4 is 9.43 Å². The molecule has 1 N–H and O–H groups in total. The van der Waals surface area contributed by atoms with Crippen molar-refractivity contribution in [1.29, 1.82) is 5.41 Å². The van der Waals surface area contributed by atoms with Gasteiger partial charge in [-0.25, -0.2) is 0 Å². The molecular weight excluding hydrogens is 215 g/mol. The van der Waals surface area contributed by atoms with E-state index in [1.165, 1.54) is 0 Å². The zero-order valence-corrected chi connectivity index (χ0v) is 7.48. The van der Waals surface area contributed by atoms with Crippen LogP contribution in [0.25, 0.3) is 0 Å². The van der Waals surface area contributed by atoms with E-state index in [0.717, 1.165) is 3.72 Å². The molecule has 2 nitrogen and oxygen atoms in total. The first-order chi connectivity index (χ1) is 3.72. The number of hydrogen-bond donors (Lipinski definition) is 1. The van der Waals surface area contributed by atoms with Crippen LogP contribution >= 0.6 is 0 Å². The molecule has 0 aromatic carbocycles. The number of rotatable bonds is 2. The predicted molar refractivity (Wildman–Crippen MR) is 32.7 cm³/mol. The molecule has 0 aromatic heterocycles. The van der Waals surface area contributed by atoms with Crippen molar-refractivity contribution in [3.63, 3.8) is 0 Å². The SMILES string of the molecule is CN=C([I-]C)C(C)=N. The number of aliphatic imine (C=N–C) groups is 1. The van der Waals surface area contributed by atoms with Crippen molar-refractivity contribution in [1.82, 2.24) is 0 Å². The van der Waals surface area contributed by atoms with Crippen LogP contribution in [0.4, 0.5) is 0 Å². The molecule has 3 heteroatoms. The van der Waals surface area contributed by atoms with Crippen molar-refractivity contribution in [2.24, 2.45) is 4.99 Å². The van der Waals surface area contributed by atoms with E-state index in [2.05, 4.69) is 9.92 Å². The minimum absolute atomic E-state index is 0.0266. The number of halogens is 1. The van der Waals surface area contributed by atoms with Gasteiger partial charge in [-0.1, -0.05) is 0 Å². The fourth-order valence-electron chi connectivity index (χ4n) is 0.394. The van der Waals surface area contributed by atoms with Crippen molar-refractivity contribution in [3.05, 3.63) is 0 Å². The summed E-state index contributed by atoms with van der Waals surface area (Å²) >= 11 is 0.0266. The van der Waals surface area contributed by atoms with Crippen molar-refractivity contribution < 1.29 is 21.2 Å². The van der Waals surface area contributed by atoms with E-state index in [1.54, 1.807) is 14.0 Å². The van der Waals surface area contributed by atoms with Gasteiger partial charge < -0.3 is 0 Å². The van der Waals surface area contributed by atoms with Gasteiger partial charge in [0.15, 0.2) is 0 Å². The first-order valence-corrected chi connectivity index (χ1v) is 5.47. The van der Waals surface area contributed by atoms with Crippen LogP contribution in [-0.2, 0) is 0 Å². The summed E-state index contributed by atoms with van der Waals surface area (Å²) in [5.41, 5.74) is 0.628. The van der Waals surface area contributed by atoms with Crippen LogP contribution in [0.1, 0.15) is 6.92 Å². The van der Waals surface area contributed by atoms with Crippen molar-refractivity contribution in [3.8, 4) is 0 Å². The van der Waals surface area contributed by atoms with Gasteiger partial charge in [0.2, 0.25) is 0 Å². The van der Waals surface area contributed by atoms with E-state index in [1.807, 2.05) is 0 Å². The average molecular weight is 225 g/mol. The Morgan fingerprint density at radius 1 is 1.62 bits per heavy atom. The molecule has 0 radical (unpaired) electrons. The first kappa shape index (κ1) is 8.07. The van der Waals surface area contributed by atoms with Crippen LogP contribution < -0.4 is 21.2 Å². The Morgan fingerprint density at radius 3 is 2.12 bits per heavy atom. The molecule has 0 aliphatic carbocycles. The zero-order chi connectivity index (χ0) is 6.57. The van der Waals surface area contributed by atoms with E-state index >= 15 is 0 Å². The van der Waals surface area contributed by atoms with Crippen LogP contribution in [0, 0.1) is 5.41 Å².